The van der Waals surface area contributed by atoms with E-state index in [9.17, 15) is 4.79 Å². The number of halogens is 1. The standard InChI is InChI=1S/C11H6BrNOS/c12-8-2-1-5-6-3-15-4-7(6)11(14)9(5)10(8)13/h1-4H,13H2. The third-order valence-corrected chi connectivity index (χ3v) is 4.05. The molecule has 0 saturated heterocycles. The van der Waals surface area contributed by atoms with E-state index in [-0.39, 0.29) is 5.78 Å². The van der Waals surface area contributed by atoms with Crippen molar-refractivity contribution in [1.82, 2.24) is 0 Å². The minimum absolute atomic E-state index is 0.0417. The molecule has 2 nitrogen and oxygen atoms in total. The minimum atomic E-state index is 0.0417. The van der Waals surface area contributed by atoms with E-state index in [0.29, 0.717) is 11.3 Å². The molecule has 2 N–H and O–H groups in total. The van der Waals surface area contributed by atoms with Gasteiger partial charge < -0.3 is 5.73 Å². The summed E-state index contributed by atoms with van der Waals surface area (Å²) in [7, 11) is 0. The molecule has 0 amide bonds. The summed E-state index contributed by atoms with van der Waals surface area (Å²) in [5, 5.41) is 3.87. The van der Waals surface area contributed by atoms with E-state index >= 15 is 0 Å². The molecule has 15 heavy (non-hydrogen) atoms. The zero-order chi connectivity index (χ0) is 10.6. The zero-order valence-electron chi connectivity index (χ0n) is 7.58. The lowest BCUT2D eigenvalue weighted by molar-refractivity contribution is 0.104. The first-order chi connectivity index (χ1) is 7.20. The third kappa shape index (κ3) is 1.06. The maximum Gasteiger partial charge on any atom is 0.197 e. The molecule has 0 bridgehead atoms. The highest BCUT2D eigenvalue weighted by Crippen LogP contribution is 2.43. The van der Waals surface area contributed by atoms with E-state index in [2.05, 4.69) is 15.9 Å². The molecule has 74 valence electrons. The molecule has 0 atom stereocenters. The number of carbonyl (C=O) groups is 1. The average Bonchev–Trinajstić information content (AvgIpc) is 2.76. The van der Waals surface area contributed by atoms with Crippen LogP contribution in [0.25, 0.3) is 11.1 Å². The smallest absolute Gasteiger partial charge is 0.197 e. The Hall–Kier alpha value is -1.13. The molecule has 0 radical (unpaired) electrons. The number of hydrogen-bond donors (Lipinski definition) is 1. The van der Waals surface area contributed by atoms with E-state index in [4.69, 9.17) is 5.73 Å². The molecule has 3 rings (SSSR count). The first-order valence-corrected chi connectivity index (χ1v) is 6.13. The van der Waals surface area contributed by atoms with Gasteiger partial charge in [-0.2, -0.15) is 11.3 Å². The van der Waals surface area contributed by atoms with Gasteiger partial charge in [0.2, 0.25) is 0 Å². The topological polar surface area (TPSA) is 43.1 Å². The largest absolute Gasteiger partial charge is 0.397 e. The summed E-state index contributed by atoms with van der Waals surface area (Å²) < 4.78 is 0.781. The monoisotopic (exact) mass is 279 g/mol. The van der Waals surface area contributed by atoms with Crippen molar-refractivity contribution in [3.05, 3.63) is 38.5 Å². The molecule has 0 fully saturated rings. The van der Waals surface area contributed by atoms with E-state index < -0.39 is 0 Å². The number of hydrogen-bond acceptors (Lipinski definition) is 3. The van der Waals surface area contributed by atoms with Crippen LogP contribution in [-0.2, 0) is 0 Å². The van der Waals surface area contributed by atoms with Gasteiger partial charge in [-0.25, -0.2) is 0 Å². The molecule has 0 spiro atoms. The van der Waals surface area contributed by atoms with Crippen molar-refractivity contribution in [2.24, 2.45) is 0 Å². The molecular formula is C11H6BrNOS. The molecule has 0 saturated carbocycles. The summed E-state index contributed by atoms with van der Waals surface area (Å²) in [4.78, 5) is 12.0. The Bertz CT molecular complexity index is 588. The number of carbonyl (C=O) groups excluding carboxylic acids is 1. The fourth-order valence-electron chi connectivity index (χ4n) is 1.88. The fraction of sp³-hybridized carbons (Fsp3) is 0. The first kappa shape index (κ1) is 9.12. The van der Waals surface area contributed by atoms with Crippen LogP contribution in [0.15, 0.2) is 27.4 Å². The van der Waals surface area contributed by atoms with Crippen molar-refractivity contribution < 1.29 is 4.79 Å². The van der Waals surface area contributed by atoms with Crippen LogP contribution in [0.5, 0.6) is 0 Å². The molecular weight excluding hydrogens is 274 g/mol. The summed E-state index contributed by atoms with van der Waals surface area (Å²) >= 11 is 4.88. The first-order valence-electron chi connectivity index (χ1n) is 4.39. The molecule has 1 heterocycles. The second-order valence-electron chi connectivity index (χ2n) is 3.41. The van der Waals surface area contributed by atoms with Crippen molar-refractivity contribution in [3.8, 4) is 11.1 Å². The van der Waals surface area contributed by atoms with Crippen molar-refractivity contribution in [2.75, 3.05) is 5.73 Å². The number of anilines is 1. The Morgan fingerprint density at radius 3 is 2.67 bits per heavy atom. The Morgan fingerprint density at radius 2 is 1.87 bits per heavy atom. The van der Waals surface area contributed by atoms with Gasteiger partial charge in [-0.15, -0.1) is 0 Å². The molecule has 1 aliphatic rings. The van der Waals surface area contributed by atoms with Gasteiger partial charge in [0.15, 0.2) is 5.78 Å². The number of benzene rings is 1. The second-order valence-corrected chi connectivity index (χ2v) is 5.01. The predicted molar refractivity (Wildman–Crippen MR) is 65.3 cm³/mol. The van der Waals surface area contributed by atoms with Gasteiger partial charge in [0.25, 0.3) is 0 Å². The lowest BCUT2D eigenvalue weighted by Gasteiger charge is -2.04. The van der Waals surface area contributed by atoms with Gasteiger partial charge in [0.1, 0.15) is 0 Å². The molecule has 4 heteroatoms. The van der Waals surface area contributed by atoms with E-state index in [1.54, 1.807) is 11.3 Å². The zero-order valence-corrected chi connectivity index (χ0v) is 9.98. The molecule has 0 aliphatic heterocycles. The number of ketones is 1. The summed E-state index contributed by atoms with van der Waals surface area (Å²) in [5.74, 6) is 0.0417. The van der Waals surface area contributed by atoms with Gasteiger partial charge in [-0.1, -0.05) is 6.07 Å². The Balaban J connectivity index is 2.42. The normalized spacial score (nSPS) is 12.7. The van der Waals surface area contributed by atoms with Gasteiger partial charge in [-0.05, 0) is 32.9 Å². The van der Waals surface area contributed by atoms with Crippen LogP contribution < -0.4 is 5.73 Å². The maximum absolute atomic E-state index is 12.0. The highest BCUT2D eigenvalue weighted by Gasteiger charge is 2.29. The SMILES string of the molecule is Nc1c(Br)ccc2c1C(=O)c1cscc1-2. The lowest BCUT2D eigenvalue weighted by atomic mass is 10.1. The second kappa shape index (κ2) is 2.93. The Kier molecular flexibility index (Phi) is 1.78. The number of thiophene rings is 1. The molecule has 0 unspecified atom stereocenters. The Morgan fingerprint density at radius 1 is 1.13 bits per heavy atom. The number of nitrogen functional groups attached to an aromatic ring is 1. The highest BCUT2D eigenvalue weighted by molar-refractivity contribution is 9.10. The van der Waals surface area contributed by atoms with Crippen LogP contribution in [0, 0.1) is 0 Å². The van der Waals surface area contributed by atoms with E-state index in [1.807, 2.05) is 22.9 Å². The van der Waals surface area contributed by atoms with Crippen molar-refractivity contribution in [2.45, 2.75) is 0 Å². The summed E-state index contributed by atoms with van der Waals surface area (Å²) in [6.45, 7) is 0. The molecule has 1 aromatic heterocycles. The van der Waals surface area contributed by atoms with Gasteiger partial charge in [0.05, 0.1) is 11.3 Å². The quantitative estimate of drug-likeness (QED) is 0.642. The van der Waals surface area contributed by atoms with Crippen LogP contribution in [0.2, 0.25) is 0 Å². The van der Waals surface area contributed by atoms with Crippen LogP contribution >= 0.6 is 27.3 Å². The number of fused-ring (bicyclic) bond motifs is 3. The van der Waals surface area contributed by atoms with Gasteiger partial charge >= 0.3 is 0 Å². The van der Waals surface area contributed by atoms with Crippen LogP contribution in [-0.4, -0.2) is 5.78 Å². The highest BCUT2D eigenvalue weighted by atomic mass is 79.9. The maximum atomic E-state index is 12.0. The summed E-state index contributed by atoms with van der Waals surface area (Å²) in [5.41, 5.74) is 9.83. The predicted octanol–water partition coefficient (Wildman–Crippen LogP) is 3.30. The van der Waals surface area contributed by atoms with Crippen molar-refractivity contribution >= 4 is 38.7 Å². The van der Waals surface area contributed by atoms with E-state index in [1.165, 1.54) is 0 Å². The fourth-order valence-corrected chi connectivity index (χ4v) is 3.04. The molecule has 2 aromatic rings. The summed E-state index contributed by atoms with van der Waals surface area (Å²) in [6, 6.07) is 3.82. The Labute approximate surface area is 98.9 Å². The van der Waals surface area contributed by atoms with Crippen molar-refractivity contribution in [3.63, 3.8) is 0 Å². The average molecular weight is 280 g/mol. The van der Waals surface area contributed by atoms with Crippen molar-refractivity contribution in [1.29, 1.82) is 0 Å². The van der Waals surface area contributed by atoms with Gasteiger partial charge in [0, 0.05) is 21.0 Å². The van der Waals surface area contributed by atoms with E-state index in [0.717, 1.165) is 21.2 Å². The number of rotatable bonds is 0. The van der Waals surface area contributed by atoms with Crippen LogP contribution in [0.1, 0.15) is 15.9 Å². The number of nitrogens with two attached hydrogens (primary N) is 1. The van der Waals surface area contributed by atoms with Crippen LogP contribution in [0.4, 0.5) is 5.69 Å². The molecule has 1 aliphatic carbocycles. The lowest BCUT2D eigenvalue weighted by Crippen LogP contribution is -2.01. The van der Waals surface area contributed by atoms with Gasteiger partial charge in [-0.3, -0.25) is 4.79 Å². The third-order valence-electron chi connectivity index (χ3n) is 2.62. The van der Waals surface area contributed by atoms with Crippen LogP contribution in [0.3, 0.4) is 0 Å². The molecule has 1 aromatic carbocycles. The summed E-state index contributed by atoms with van der Waals surface area (Å²) in [6.07, 6.45) is 0. The minimum Gasteiger partial charge on any atom is -0.397 e.